The molecule has 1 aliphatic rings. The smallest absolute Gasteiger partial charge is 0.300 e. The molecule has 3 aromatic rings. The van der Waals surface area contributed by atoms with E-state index in [0.717, 1.165) is 11.1 Å². The molecule has 6 nitrogen and oxygen atoms in total. The van der Waals surface area contributed by atoms with Crippen molar-refractivity contribution in [1.29, 1.82) is 0 Å². The second kappa shape index (κ2) is 10.1. The van der Waals surface area contributed by atoms with Crippen LogP contribution in [0.1, 0.15) is 36.6 Å². The lowest BCUT2D eigenvalue weighted by Gasteiger charge is -2.26. The summed E-state index contributed by atoms with van der Waals surface area (Å²) >= 11 is 0. The molecule has 3 aromatic carbocycles. The number of carbonyl (C=O) groups excluding carboxylic acids is 2. The molecule has 6 heteroatoms. The molecule has 0 aromatic heterocycles. The fourth-order valence-electron chi connectivity index (χ4n) is 4.16. The fraction of sp³-hybridized carbons (Fsp3) is 0.241. The van der Waals surface area contributed by atoms with Crippen LogP contribution in [0.4, 0.5) is 5.69 Å². The first-order valence-corrected chi connectivity index (χ1v) is 11.6. The third kappa shape index (κ3) is 4.78. The Morgan fingerprint density at radius 3 is 2.17 bits per heavy atom. The monoisotopic (exact) mass is 471 g/mol. The van der Waals surface area contributed by atoms with Crippen LogP contribution in [0.25, 0.3) is 5.76 Å². The van der Waals surface area contributed by atoms with Gasteiger partial charge in [-0.25, -0.2) is 0 Å². The molecule has 1 aliphatic heterocycles. The van der Waals surface area contributed by atoms with Crippen LogP contribution in [0.3, 0.4) is 0 Å². The van der Waals surface area contributed by atoms with E-state index in [1.807, 2.05) is 31.2 Å². The highest BCUT2D eigenvalue weighted by molar-refractivity contribution is 6.51. The molecular weight excluding hydrogens is 442 g/mol. The second-order valence-corrected chi connectivity index (χ2v) is 8.95. The van der Waals surface area contributed by atoms with Gasteiger partial charge in [-0.15, -0.1) is 0 Å². The first-order chi connectivity index (χ1) is 16.8. The van der Waals surface area contributed by atoms with Crippen LogP contribution in [0.15, 0.2) is 78.4 Å². The Bertz CT molecular complexity index is 1260. The number of amides is 1. The predicted molar refractivity (Wildman–Crippen MR) is 136 cm³/mol. The van der Waals surface area contributed by atoms with E-state index < -0.39 is 17.7 Å². The number of aliphatic hydroxyl groups is 1. The normalized spacial score (nSPS) is 17.2. The Balaban J connectivity index is 1.83. The Hall–Kier alpha value is -4.06. The molecule has 1 atom stereocenters. The summed E-state index contributed by atoms with van der Waals surface area (Å²) in [5.41, 5.74) is 2.70. The molecule has 1 amide bonds. The lowest BCUT2D eigenvalue weighted by molar-refractivity contribution is -0.132. The summed E-state index contributed by atoms with van der Waals surface area (Å²) < 4.78 is 11.0. The number of nitrogens with zero attached hydrogens (tertiary/aromatic N) is 1. The number of ketones is 1. The largest absolute Gasteiger partial charge is 0.507 e. The topological polar surface area (TPSA) is 76.1 Å². The Morgan fingerprint density at radius 2 is 1.57 bits per heavy atom. The maximum absolute atomic E-state index is 13.3. The first-order valence-electron chi connectivity index (χ1n) is 11.6. The van der Waals surface area contributed by atoms with E-state index in [1.54, 1.807) is 55.6 Å². The molecule has 1 N–H and O–H groups in total. The molecule has 1 heterocycles. The van der Waals surface area contributed by atoms with Crippen LogP contribution in [0, 0.1) is 12.8 Å². The number of ether oxygens (including phenoxy) is 2. The van der Waals surface area contributed by atoms with Gasteiger partial charge in [-0.3, -0.25) is 14.5 Å². The summed E-state index contributed by atoms with van der Waals surface area (Å²) in [4.78, 5) is 28.1. The first kappa shape index (κ1) is 24.1. The van der Waals surface area contributed by atoms with E-state index in [2.05, 4.69) is 13.8 Å². The Labute approximate surface area is 205 Å². The Morgan fingerprint density at radius 1 is 0.943 bits per heavy atom. The highest BCUT2D eigenvalue weighted by Crippen LogP contribution is 2.43. The lowest BCUT2D eigenvalue weighted by atomic mass is 9.92. The quantitative estimate of drug-likeness (QED) is 0.273. The highest BCUT2D eigenvalue weighted by atomic mass is 16.5. The van der Waals surface area contributed by atoms with Crippen LogP contribution >= 0.6 is 0 Å². The predicted octanol–water partition coefficient (Wildman–Crippen LogP) is 5.66. The maximum atomic E-state index is 13.3. The van der Waals surface area contributed by atoms with Gasteiger partial charge >= 0.3 is 0 Å². The minimum Gasteiger partial charge on any atom is -0.507 e. The van der Waals surface area contributed by atoms with Crippen molar-refractivity contribution >= 4 is 23.1 Å². The third-order valence-electron chi connectivity index (χ3n) is 5.99. The van der Waals surface area contributed by atoms with Crippen molar-refractivity contribution in [1.82, 2.24) is 0 Å². The summed E-state index contributed by atoms with van der Waals surface area (Å²) in [7, 11) is 1.55. The molecule has 0 aliphatic carbocycles. The van der Waals surface area contributed by atoms with Gasteiger partial charge in [-0.1, -0.05) is 38.1 Å². The third-order valence-corrected chi connectivity index (χ3v) is 5.99. The summed E-state index contributed by atoms with van der Waals surface area (Å²) in [6.45, 7) is 6.64. The van der Waals surface area contributed by atoms with Gasteiger partial charge in [-0.05, 0) is 72.5 Å². The van der Waals surface area contributed by atoms with Gasteiger partial charge in [0.15, 0.2) is 0 Å². The number of benzene rings is 3. The van der Waals surface area contributed by atoms with E-state index >= 15 is 0 Å². The summed E-state index contributed by atoms with van der Waals surface area (Å²) in [5.74, 6) is 0.0444. The minimum absolute atomic E-state index is 0.0506. The van der Waals surface area contributed by atoms with Gasteiger partial charge in [0.1, 0.15) is 17.3 Å². The number of Topliss-reactive ketones (excluding diaryl/α,β-unsaturated/α-hetero) is 1. The molecule has 1 unspecified atom stereocenters. The van der Waals surface area contributed by atoms with E-state index in [0.29, 0.717) is 35.3 Å². The zero-order valence-corrected chi connectivity index (χ0v) is 20.3. The zero-order chi connectivity index (χ0) is 25.1. The highest BCUT2D eigenvalue weighted by Gasteiger charge is 2.47. The molecule has 0 saturated carbocycles. The van der Waals surface area contributed by atoms with Gasteiger partial charge in [0.2, 0.25) is 0 Å². The number of aryl methyl sites for hydroxylation is 1. The van der Waals surface area contributed by atoms with Gasteiger partial charge in [0.05, 0.1) is 25.3 Å². The van der Waals surface area contributed by atoms with Gasteiger partial charge in [0.25, 0.3) is 11.7 Å². The molecule has 4 rings (SSSR count). The number of hydrogen-bond donors (Lipinski definition) is 1. The van der Waals surface area contributed by atoms with Crippen LogP contribution in [0.5, 0.6) is 11.5 Å². The van der Waals surface area contributed by atoms with Gasteiger partial charge < -0.3 is 14.6 Å². The number of anilines is 1. The zero-order valence-electron chi connectivity index (χ0n) is 20.3. The average Bonchev–Trinajstić information content (AvgIpc) is 3.13. The van der Waals surface area contributed by atoms with Crippen molar-refractivity contribution < 1.29 is 24.2 Å². The number of carbonyl (C=O) groups is 2. The standard InChI is InChI=1S/C29H29NO5/c1-18(2)17-35-23-15-11-21(12-16-23)30-26(24-8-6-5-7-19(24)3)25(28(32)29(30)33)27(31)20-9-13-22(34-4)14-10-20/h5-16,18,26,31H,17H2,1-4H3/b27-25-. The maximum Gasteiger partial charge on any atom is 0.300 e. The SMILES string of the molecule is COc1ccc(/C(O)=C2/C(=O)C(=O)N(c3ccc(OCC(C)C)cc3)C2c2ccccc2C)cc1. The van der Waals surface area contributed by atoms with E-state index in [9.17, 15) is 14.7 Å². The van der Waals surface area contributed by atoms with E-state index in [1.165, 1.54) is 4.90 Å². The van der Waals surface area contributed by atoms with Crippen molar-refractivity contribution in [3.8, 4) is 11.5 Å². The summed E-state index contributed by atoms with van der Waals surface area (Å²) in [6.07, 6.45) is 0. The molecule has 0 radical (unpaired) electrons. The van der Waals surface area contributed by atoms with Crippen LogP contribution in [-0.4, -0.2) is 30.5 Å². The van der Waals surface area contributed by atoms with Crippen molar-refractivity contribution in [3.05, 3.63) is 95.1 Å². The number of hydrogen-bond acceptors (Lipinski definition) is 5. The van der Waals surface area contributed by atoms with Gasteiger partial charge in [-0.2, -0.15) is 0 Å². The number of rotatable bonds is 7. The van der Waals surface area contributed by atoms with Crippen molar-refractivity contribution in [2.45, 2.75) is 26.8 Å². The van der Waals surface area contributed by atoms with Crippen LogP contribution in [-0.2, 0) is 9.59 Å². The molecule has 0 bridgehead atoms. The van der Waals surface area contributed by atoms with E-state index in [4.69, 9.17) is 9.47 Å². The van der Waals surface area contributed by atoms with Crippen molar-refractivity contribution in [2.75, 3.05) is 18.6 Å². The average molecular weight is 472 g/mol. The summed E-state index contributed by atoms with van der Waals surface area (Å²) in [6, 6.07) is 20.6. The second-order valence-electron chi connectivity index (χ2n) is 8.95. The van der Waals surface area contributed by atoms with E-state index in [-0.39, 0.29) is 11.3 Å². The number of aliphatic hydroxyl groups excluding tert-OH is 1. The molecule has 0 spiro atoms. The lowest BCUT2D eigenvalue weighted by Crippen LogP contribution is -2.29. The fourth-order valence-corrected chi connectivity index (χ4v) is 4.16. The minimum atomic E-state index is -0.777. The number of methoxy groups -OCH3 is 1. The Kier molecular flexibility index (Phi) is 6.92. The van der Waals surface area contributed by atoms with Crippen molar-refractivity contribution in [2.24, 2.45) is 5.92 Å². The van der Waals surface area contributed by atoms with Crippen molar-refractivity contribution in [3.63, 3.8) is 0 Å². The van der Waals surface area contributed by atoms with Gasteiger partial charge in [0, 0.05) is 11.3 Å². The summed E-state index contributed by atoms with van der Waals surface area (Å²) in [5, 5.41) is 11.2. The molecule has 180 valence electrons. The molecule has 1 fully saturated rings. The van der Waals surface area contributed by atoms with Crippen LogP contribution < -0.4 is 14.4 Å². The molecular formula is C29H29NO5. The molecule has 35 heavy (non-hydrogen) atoms. The van der Waals surface area contributed by atoms with Crippen LogP contribution in [0.2, 0.25) is 0 Å². The molecule has 1 saturated heterocycles.